The first-order valence-electron chi connectivity index (χ1n) is 6.65. The first kappa shape index (κ1) is 16.6. The first-order chi connectivity index (χ1) is 8.69. The molecule has 0 aromatic heterocycles. The Morgan fingerprint density at radius 2 is 1.67 bits per heavy atom. The first-order valence-corrected chi connectivity index (χ1v) is 6.65. The van der Waals surface area contributed by atoms with E-state index in [-0.39, 0.29) is 5.97 Å². The van der Waals surface area contributed by atoms with Crippen molar-refractivity contribution in [2.45, 2.75) is 46.6 Å². The zero-order valence-corrected chi connectivity index (χ0v) is 11.7. The van der Waals surface area contributed by atoms with Crippen molar-refractivity contribution in [1.29, 1.82) is 0 Å². The highest BCUT2D eigenvalue weighted by Gasteiger charge is 2.04. The van der Waals surface area contributed by atoms with E-state index in [9.17, 15) is 4.79 Å². The minimum absolute atomic E-state index is 0.286. The molecule has 3 nitrogen and oxygen atoms in total. The number of esters is 1. The van der Waals surface area contributed by atoms with E-state index < -0.39 is 0 Å². The Bertz CT molecular complexity index is 318. The van der Waals surface area contributed by atoms with Crippen LogP contribution in [0.3, 0.4) is 0 Å². The fraction of sp³-hybridized carbons (Fsp3) is 0.533. The summed E-state index contributed by atoms with van der Waals surface area (Å²) < 4.78 is 4.83. The maximum Gasteiger partial charge on any atom is 0.338 e. The van der Waals surface area contributed by atoms with Crippen molar-refractivity contribution < 1.29 is 9.53 Å². The molecule has 0 aliphatic carbocycles. The largest absolute Gasteiger partial charge is 0.462 e. The van der Waals surface area contributed by atoms with Crippen LogP contribution in [0.1, 0.15) is 56.0 Å². The van der Waals surface area contributed by atoms with Crippen LogP contribution in [0.4, 0.5) is 0 Å². The van der Waals surface area contributed by atoms with Gasteiger partial charge in [-0.25, -0.2) is 4.79 Å². The minimum Gasteiger partial charge on any atom is -0.462 e. The van der Waals surface area contributed by atoms with E-state index in [1.165, 1.54) is 19.3 Å². The van der Waals surface area contributed by atoms with Gasteiger partial charge in [0, 0.05) is 6.54 Å². The quantitative estimate of drug-likeness (QED) is 0.815. The summed E-state index contributed by atoms with van der Waals surface area (Å²) in [7, 11) is 0. The van der Waals surface area contributed by atoms with Gasteiger partial charge >= 0.3 is 5.97 Å². The summed E-state index contributed by atoms with van der Waals surface area (Å²) >= 11 is 0. The lowest BCUT2D eigenvalue weighted by atomic mass is 10.1. The SMILES string of the molecule is CCCCC.CCOC(=O)c1ccc(CN)cc1. The van der Waals surface area contributed by atoms with Gasteiger partial charge < -0.3 is 10.5 Å². The Balaban J connectivity index is 0.000000494. The molecule has 0 heterocycles. The van der Waals surface area contributed by atoms with Crippen LogP contribution in [0, 0.1) is 0 Å². The number of carbonyl (C=O) groups excluding carboxylic acids is 1. The number of ether oxygens (including phenoxy) is 1. The summed E-state index contributed by atoms with van der Waals surface area (Å²) in [6.45, 7) is 7.10. The number of hydrogen-bond donors (Lipinski definition) is 1. The third-order valence-corrected chi connectivity index (χ3v) is 2.41. The molecule has 0 saturated carbocycles. The summed E-state index contributed by atoms with van der Waals surface area (Å²) in [6, 6.07) is 7.10. The minimum atomic E-state index is -0.286. The molecule has 0 aliphatic rings. The molecule has 0 bridgehead atoms. The van der Waals surface area contributed by atoms with E-state index in [1.807, 2.05) is 12.1 Å². The molecule has 0 fully saturated rings. The monoisotopic (exact) mass is 251 g/mol. The van der Waals surface area contributed by atoms with E-state index in [2.05, 4.69) is 13.8 Å². The summed E-state index contributed by atoms with van der Waals surface area (Å²) in [6.07, 6.45) is 4.08. The van der Waals surface area contributed by atoms with Gasteiger partial charge in [-0.2, -0.15) is 0 Å². The summed E-state index contributed by atoms with van der Waals surface area (Å²) in [5.74, 6) is -0.286. The molecule has 0 atom stereocenters. The van der Waals surface area contributed by atoms with Gasteiger partial charge in [-0.1, -0.05) is 45.2 Å². The van der Waals surface area contributed by atoms with Crippen molar-refractivity contribution in [3.05, 3.63) is 35.4 Å². The molecular formula is C15H25NO2. The predicted molar refractivity (Wildman–Crippen MR) is 75.5 cm³/mol. The van der Waals surface area contributed by atoms with Crippen LogP contribution in [-0.4, -0.2) is 12.6 Å². The van der Waals surface area contributed by atoms with Gasteiger partial charge in [0.1, 0.15) is 0 Å². The van der Waals surface area contributed by atoms with Gasteiger partial charge in [0.05, 0.1) is 12.2 Å². The molecule has 0 aliphatic heterocycles. The number of unbranched alkanes of at least 4 members (excludes halogenated alkanes) is 2. The maximum absolute atomic E-state index is 11.2. The second-order valence-electron chi connectivity index (χ2n) is 3.98. The van der Waals surface area contributed by atoms with E-state index in [1.54, 1.807) is 19.1 Å². The van der Waals surface area contributed by atoms with Crippen LogP contribution in [-0.2, 0) is 11.3 Å². The van der Waals surface area contributed by atoms with E-state index >= 15 is 0 Å². The normalized spacial score (nSPS) is 9.33. The molecule has 1 rings (SSSR count). The summed E-state index contributed by atoms with van der Waals surface area (Å²) in [5, 5.41) is 0. The number of nitrogens with two attached hydrogens (primary N) is 1. The van der Waals surface area contributed by atoms with Gasteiger partial charge in [-0.05, 0) is 24.6 Å². The molecule has 3 heteroatoms. The average molecular weight is 251 g/mol. The average Bonchev–Trinajstić information content (AvgIpc) is 2.41. The van der Waals surface area contributed by atoms with Crippen LogP contribution in [0.5, 0.6) is 0 Å². The van der Waals surface area contributed by atoms with E-state index in [0.717, 1.165) is 5.56 Å². The molecule has 0 amide bonds. The fourth-order valence-electron chi connectivity index (χ4n) is 1.34. The van der Waals surface area contributed by atoms with Crippen molar-refractivity contribution >= 4 is 5.97 Å². The molecule has 102 valence electrons. The maximum atomic E-state index is 11.2. The smallest absolute Gasteiger partial charge is 0.338 e. The summed E-state index contributed by atoms with van der Waals surface area (Å²) in [4.78, 5) is 11.2. The Hall–Kier alpha value is -1.35. The van der Waals surface area contributed by atoms with Crippen LogP contribution in [0.15, 0.2) is 24.3 Å². The molecule has 2 N–H and O–H groups in total. The van der Waals surface area contributed by atoms with Gasteiger partial charge in [-0.3, -0.25) is 0 Å². The molecule has 0 saturated heterocycles. The Labute approximate surface area is 110 Å². The van der Waals surface area contributed by atoms with Gasteiger partial charge in [0.25, 0.3) is 0 Å². The molecule has 18 heavy (non-hydrogen) atoms. The van der Waals surface area contributed by atoms with Crippen molar-refractivity contribution in [2.75, 3.05) is 6.61 Å². The van der Waals surface area contributed by atoms with Gasteiger partial charge in [-0.15, -0.1) is 0 Å². The molecular weight excluding hydrogens is 226 g/mol. The number of carbonyl (C=O) groups is 1. The third kappa shape index (κ3) is 7.07. The second-order valence-corrected chi connectivity index (χ2v) is 3.98. The van der Waals surface area contributed by atoms with Crippen molar-refractivity contribution in [3.63, 3.8) is 0 Å². The second kappa shape index (κ2) is 10.8. The molecule has 0 radical (unpaired) electrons. The lowest BCUT2D eigenvalue weighted by Crippen LogP contribution is -2.05. The molecule has 0 unspecified atom stereocenters. The van der Waals surface area contributed by atoms with Crippen LogP contribution in [0.2, 0.25) is 0 Å². The Kier molecular flexibility index (Phi) is 9.97. The van der Waals surface area contributed by atoms with E-state index in [0.29, 0.717) is 18.7 Å². The third-order valence-electron chi connectivity index (χ3n) is 2.41. The van der Waals surface area contributed by atoms with Gasteiger partial charge in [0.15, 0.2) is 0 Å². The number of hydrogen-bond acceptors (Lipinski definition) is 3. The highest BCUT2D eigenvalue weighted by molar-refractivity contribution is 5.89. The zero-order valence-electron chi connectivity index (χ0n) is 11.7. The lowest BCUT2D eigenvalue weighted by Gasteiger charge is -2.01. The number of rotatable bonds is 5. The lowest BCUT2D eigenvalue weighted by molar-refractivity contribution is 0.0526. The van der Waals surface area contributed by atoms with Crippen molar-refractivity contribution in [1.82, 2.24) is 0 Å². The Morgan fingerprint density at radius 1 is 1.11 bits per heavy atom. The highest BCUT2D eigenvalue weighted by Crippen LogP contribution is 2.05. The van der Waals surface area contributed by atoms with Crippen molar-refractivity contribution in [2.24, 2.45) is 5.73 Å². The molecule has 1 aromatic rings. The van der Waals surface area contributed by atoms with E-state index in [4.69, 9.17) is 10.5 Å². The highest BCUT2D eigenvalue weighted by atomic mass is 16.5. The predicted octanol–water partition coefficient (Wildman–Crippen LogP) is 3.52. The van der Waals surface area contributed by atoms with Crippen LogP contribution < -0.4 is 5.73 Å². The summed E-state index contributed by atoms with van der Waals surface area (Å²) in [5.41, 5.74) is 6.99. The molecule has 1 aromatic carbocycles. The van der Waals surface area contributed by atoms with Crippen LogP contribution >= 0.6 is 0 Å². The zero-order chi connectivity index (χ0) is 13.8. The van der Waals surface area contributed by atoms with Gasteiger partial charge in [0.2, 0.25) is 0 Å². The standard InChI is InChI=1S/C10H13NO2.C5H12/c1-2-13-10(12)9-5-3-8(7-11)4-6-9;1-3-5-4-2/h3-6H,2,7,11H2,1H3;3-5H2,1-2H3. The molecule has 0 spiro atoms. The van der Waals surface area contributed by atoms with Crippen molar-refractivity contribution in [3.8, 4) is 0 Å². The fourth-order valence-corrected chi connectivity index (χ4v) is 1.34. The topological polar surface area (TPSA) is 52.3 Å². The number of benzene rings is 1. The van der Waals surface area contributed by atoms with Crippen LogP contribution in [0.25, 0.3) is 0 Å². The Morgan fingerprint density at radius 3 is 2.00 bits per heavy atom.